The standard InChI is InChI=1S/C48H77NO7/c1-6-8-10-12-14-16-18-20-21-22-23-24-25-27-28-30-32-34-36-38-46(50)55-43-44(42-54-41-40-45(48(52)53)49(3,4)5)56-47(51)39-37-35-33-31-29-26-19-17-15-13-11-9-7-2/h8-11,13-17,19-21,23-24,26,29,44-45H,6-7,12,18,22,25,27-28,30-43H2,1-5H3/p+1/b10-8+,11-9+,15-13+,16-14+,19-17+,21-20+,24-23+,29-26+. The second-order valence-corrected chi connectivity index (χ2v) is 14.9. The first-order chi connectivity index (χ1) is 27.1. The molecule has 1 N–H and O–H groups in total. The summed E-state index contributed by atoms with van der Waals surface area (Å²) < 4.78 is 17.2. The van der Waals surface area contributed by atoms with Gasteiger partial charge in [0.15, 0.2) is 12.1 Å². The zero-order valence-corrected chi connectivity index (χ0v) is 35.8. The average Bonchev–Trinajstić information content (AvgIpc) is 3.15. The lowest BCUT2D eigenvalue weighted by Crippen LogP contribution is -2.50. The Kier molecular flexibility index (Phi) is 35.6. The predicted molar refractivity (Wildman–Crippen MR) is 233 cm³/mol. The Bertz CT molecular complexity index is 1230. The van der Waals surface area contributed by atoms with Gasteiger partial charge in [0.05, 0.1) is 34.4 Å². The lowest BCUT2D eigenvalue weighted by atomic mass is 10.1. The molecule has 0 rings (SSSR count). The molecule has 0 fully saturated rings. The summed E-state index contributed by atoms with van der Waals surface area (Å²) >= 11 is 0. The zero-order valence-electron chi connectivity index (χ0n) is 35.8. The Morgan fingerprint density at radius 3 is 1.62 bits per heavy atom. The Morgan fingerprint density at radius 1 is 0.554 bits per heavy atom. The number of likely N-dealkylation sites (N-methyl/N-ethyl adjacent to an activating group) is 1. The van der Waals surface area contributed by atoms with Crippen LogP contribution in [0.15, 0.2) is 97.2 Å². The molecular weight excluding hydrogens is 703 g/mol. The van der Waals surface area contributed by atoms with E-state index in [0.29, 0.717) is 19.3 Å². The SMILES string of the molecule is CC/C=C/C=C/C=C/C=C/CCCCCC(=O)OC(COCCC(C(=O)O)[N+](C)(C)C)COC(=O)CCCCCCCC/C=C/C/C=C/C/C=C/C/C=C/CC. The summed E-state index contributed by atoms with van der Waals surface area (Å²) in [5.74, 6) is -1.55. The molecule has 8 heteroatoms. The molecule has 0 radical (unpaired) electrons. The lowest BCUT2D eigenvalue weighted by molar-refractivity contribution is -0.887. The van der Waals surface area contributed by atoms with Gasteiger partial charge < -0.3 is 23.8 Å². The molecule has 0 saturated heterocycles. The predicted octanol–water partition coefficient (Wildman–Crippen LogP) is 11.5. The quantitative estimate of drug-likeness (QED) is 0.0222. The fraction of sp³-hybridized carbons (Fsp3) is 0.604. The summed E-state index contributed by atoms with van der Waals surface area (Å²) in [6, 6.07) is -0.630. The van der Waals surface area contributed by atoms with Gasteiger partial charge in [-0.3, -0.25) is 9.59 Å². The van der Waals surface area contributed by atoms with Crippen molar-refractivity contribution in [2.24, 2.45) is 0 Å². The normalized spacial score (nSPS) is 13.9. The van der Waals surface area contributed by atoms with Crippen molar-refractivity contribution in [2.75, 3.05) is 41.0 Å². The van der Waals surface area contributed by atoms with E-state index < -0.39 is 18.1 Å². The van der Waals surface area contributed by atoms with Crippen LogP contribution in [0.4, 0.5) is 0 Å². The highest BCUT2D eigenvalue weighted by atomic mass is 16.6. The van der Waals surface area contributed by atoms with E-state index in [1.165, 1.54) is 12.8 Å². The molecule has 8 nitrogen and oxygen atoms in total. The number of carboxylic acid groups (broad SMARTS) is 1. The molecule has 0 bridgehead atoms. The maximum absolute atomic E-state index is 12.7. The van der Waals surface area contributed by atoms with Crippen LogP contribution < -0.4 is 0 Å². The van der Waals surface area contributed by atoms with Crippen molar-refractivity contribution in [1.82, 2.24) is 0 Å². The van der Waals surface area contributed by atoms with Crippen molar-refractivity contribution in [1.29, 1.82) is 0 Å². The highest BCUT2D eigenvalue weighted by Gasteiger charge is 2.31. The highest BCUT2D eigenvalue weighted by molar-refractivity contribution is 5.72. The molecule has 0 aliphatic carbocycles. The number of nitrogens with zero attached hydrogens (tertiary/aromatic N) is 1. The summed E-state index contributed by atoms with van der Waals surface area (Å²) in [7, 11) is 5.49. The monoisotopic (exact) mass is 781 g/mol. The fourth-order valence-electron chi connectivity index (χ4n) is 5.56. The topological polar surface area (TPSA) is 99.1 Å². The van der Waals surface area contributed by atoms with Crippen LogP contribution in [0.1, 0.15) is 136 Å². The molecule has 0 spiro atoms. The number of aliphatic carboxylic acids is 1. The third kappa shape index (κ3) is 35.9. The molecule has 0 aromatic heterocycles. The number of carbonyl (C=O) groups excluding carboxylic acids is 2. The van der Waals surface area contributed by atoms with Crippen molar-refractivity contribution < 1.29 is 38.2 Å². The molecular formula is C48H78NO7+. The van der Waals surface area contributed by atoms with E-state index in [-0.39, 0.29) is 42.7 Å². The first-order valence-electron chi connectivity index (χ1n) is 21.3. The van der Waals surface area contributed by atoms with Gasteiger partial charge in [-0.05, 0) is 70.6 Å². The van der Waals surface area contributed by atoms with Gasteiger partial charge in [0.25, 0.3) is 0 Å². The minimum absolute atomic E-state index is 0.0335. The molecule has 0 heterocycles. The molecule has 0 aliphatic rings. The smallest absolute Gasteiger partial charge is 0.362 e. The van der Waals surface area contributed by atoms with E-state index in [2.05, 4.69) is 74.6 Å². The van der Waals surface area contributed by atoms with E-state index >= 15 is 0 Å². The Morgan fingerprint density at radius 2 is 1.04 bits per heavy atom. The number of allylic oxidation sites excluding steroid dienone is 16. The van der Waals surface area contributed by atoms with Crippen LogP contribution in [0.3, 0.4) is 0 Å². The molecule has 56 heavy (non-hydrogen) atoms. The van der Waals surface area contributed by atoms with Crippen LogP contribution in [-0.2, 0) is 28.6 Å². The van der Waals surface area contributed by atoms with Crippen molar-refractivity contribution in [3.8, 4) is 0 Å². The molecule has 0 aliphatic heterocycles. The Balaban J connectivity index is 4.43. The summed E-state index contributed by atoms with van der Waals surface area (Å²) in [6.45, 7) is 4.39. The zero-order chi connectivity index (χ0) is 41.4. The van der Waals surface area contributed by atoms with Crippen LogP contribution in [0.5, 0.6) is 0 Å². The van der Waals surface area contributed by atoms with Gasteiger partial charge >= 0.3 is 17.9 Å². The number of hydrogen-bond acceptors (Lipinski definition) is 6. The lowest BCUT2D eigenvalue weighted by Gasteiger charge is -2.31. The van der Waals surface area contributed by atoms with Gasteiger partial charge in [-0.1, -0.05) is 143 Å². The Labute approximate surface area is 341 Å². The van der Waals surface area contributed by atoms with E-state index in [9.17, 15) is 19.5 Å². The van der Waals surface area contributed by atoms with Crippen LogP contribution in [0.25, 0.3) is 0 Å². The molecule has 0 aromatic carbocycles. The van der Waals surface area contributed by atoms with Crippen molar-refractivity contribution in [2.45, 2.75) is 148 Å². The fourth-order valence-corrected chi connectivity index (χ4v) is 5.56. The summed E-state index contributed by atoms with van der Waals surface area (Å²) in [6.07, 6.45) is 50.2. The molecule has 316 valence electrons. The van der Waals surface area contributed by atoms with E-state index in [1.807, 2.05) is 57.6 Å². The number of quaternary nitrogens is 1. The van der Waals surface area contributed by atoms with E-state index in [0.717, 1.165) is 83.5 Å². The maximum atomic E-state index is 12.7. The van der Waals surface area contributed by atoms with Gasteiger partial charge in [-0.2, -0.15) is 0 Å². The number of rotatable bonds is 36. The first kappa shape index (κ1) is 52.2. The van der Waals surface area contributed by atoms with Crippen LogP contribution in [-0.4, -0.2) is 80.6 Å². The largest absolute Gasteiger partial charge is 0.477 e. The van der Waals surface area contributed by atoms with Crippen molar-refractivity contribution >= 4 is 17.9 Å². The third-order valence-electron chi connectivity index (χ3n) is 8.82. The highest BCUT2D eigenvalue weighted by Crippen LogP contribution is 2.12. The second-order valence-electron chi connectivity index (χ2n) is 14.9. The number of hydrogen-bond donors (Lipinski definition) is 1. The molecule has 2 unspecified atom stereocenters. The average molecular weight is 781 g/mol. The minimum Gasteiger partial charge on any atom is -0.477 e. The van der Waals surface area contributed by atoms with Crippen LogP contribution in [0, 0.1) is 0 Å². The maximum Gasteiger partial charge on any atom is 0.362 e. The van der Waals surface area contributed by atoms with Gasteiger partial charge in [0.1, 0.15) is 6.61 Å². The van der Waals surface area contributed by atoms with Crippen LogP contribution in [0.2, 0.25) is 0 Å². The molecule has 2 atom stereocenters. The number of ether oxygens (including phenoxy) is 3. The van der Waals surface area contributed by atoms with E-state index in [1.54, 1.807) is 0 Å². The number of carbonyl (C=O) groups is 3. The van der Waals surface area contributed by atoms with E-state index in [4.69, 9.17) is 14.2 Å². The first-order valence-corrected chi connectivity index (χ1v) is 21.3. The van der Waals surface area contributed by atoms with Crippen LogP contribution >= 0.6 is 0 Å². The second kappa shape index (κ2) is 38.1. The number of unbranched alkanes of at least 4 members (excludes halogenated alkanes) is 9. The van der Waals surface area contributed by atoms with Gasteiger partial charge in [-0.25, -0.2) is 4.79 Å². The van der Waals surface area contributed by atoms with Crippen molar-refractivity contribution in [3.05, 3.63) is 97.2 Å². The molecule has 0 saturated carbocycles. The third-order valence-corrected chi connectivity index (χ3v) is 8.82. The minimum atomic E-state index is -0.889. The van der Waals surface area contributed by atoms with Gasteiger partial charge in [0.2, 0.25) is 0 Å². The molecule has 0 amide bonds. The summed E-state index contributed by atoms with van der Waals surface area (Å²) in [5.41, 5.74) is 0. The van der Waals surface area contributed by atoms with Crippen molar-refractivity contribution in [3.63, 3.8) is 0 Å². The number of carboxylic acids is 1. The summed E-state index contributed by atoms with van der Waals surface area (Å²) in [4.78, 5) is 36.9. The van der Waals surface area contributed by atoms with Gasteiger partial charge in [0, 0.05) is 19.3 Å². The molecule has 0 aromatic rings. The van der Waals surface area contributed by atoms with Gasteiger partial charge in [-0.15, -0.1) is 0 Å². The number of esters is 2. The Hall–Kier alpha value is -3.75. The summed E-state index contributed by atoms with van der Waals surface area (Å²) in [5, 5.41) is 9.61.